The molecule has 0 radical (unpaired) electrons. The van der Waals surface area contributed by atoms with Gasteiger partial charge in [0.05, 0.1) is 21.7 Å². The molecule has 134 valence electrons. The molecule has 0 bridgehead atoms. The van der Waals surface area contributed by atoms with Crippen molar-refractivity contribution in [2.75, 3.05) is 17.9 Å². The molecule has 2 N–H and O–H groups in total. The van der Waals surface area contributed by atoms with E-state index in [1.54, 1.807) is 31.2 Å². The number of hydrogen-bond acceptors (Lipinski definition) is 4. The highest BCUT2D eigenvalue weighted by Crippen LogP contribution is 2.29. The molecule has 0 unspecified atom stereocenters. The minimum absolute atomic E-state index is 0.0151. The number of ether oxygens (including phenoxy) is 1. The summed E-state index contributed by atoms with van der Waals surface area (Å²) in [7, 11) is -3.82. The summed E-state index contributed by atoms with van der Waals surface area (Å²) in [6.07, 6.45) is 0. The van der Waals surface area contributed by atoms with Crippen molar-refractivity contribution in [3.05, 3.63) is 52.5 Å². The molecular formula is C17H19BrN2O4S. The Morgan fingerprint density at radius 3 is 2.56 bits per heavy atom. The third-order valence-corrected chi connectivity index (χ3v) is 5.23. The van der Waals surface area contributed by atoms with E-state index in [4.69, 9.17) is 4.74 Å². The monoisotopic (exact) mass is 426 g/mol. The van der Waals surface area contributed by atoms with Crippen molar-refractivity contribution in [2.45, 2.75) is 18.7 Å². The van der Waals surface area contributed by atoms with Crippen molar-refractivity contribution in [3.63, 3.8) is 0 Å². The lowest BCUT2D eigenvalue weighted by molar-refractivity contribution is 0.0955. The zero-order valence-corrected chi connectivity index (χ0v) is 16.3. The van der Waals surface area contributed by atoms with Gasteiger partial charge in [-0.15, -0.1) is 0 Å². The first-order valence-electron chi connectivity index (χ1n) is 7.70. The van der Waals surface area contributed by atoms with Crippen molar-refractivity contribution in [1.82, 2.24) is 5.32 Å². The minimum atomic E-state index is -3.82. The Balaban J connectivity index is 2.26. The number of carbonyl (C=O) groups is 1. The van der Waals surface area contributed by atoms with Crippen LogP contribution < -0.4 is 14.8 Å². The molecule has 1 amide bonds. The number of carbonyl (C=O) groups excluding carboxylic acids is 1. The van der Waals surface area contributed by atoms with Crippen LogP contribution in [-0.2, 0) is 10.0 Å². The van der Waals surface area contributed by atoms with Crippen LogP contribution in [0.3, 0.4) is 0 Å². The van der Waals surface area contributed by atoms with Crippen molar-refractivity contribution in [2.24, 2.45) is 0 Å². The minimum Gasteiger partial charge on any atom is -0.493 e. The summed E-state index contributed by atoms with van der Waals surface area (Å²) in [5.74, 6) is 0.312. The van der Waals surface area contributed by atoms with E-state index in [-0.39, 0.29) is 16.4 Å². The van der Waals surface area contributed by atoms with Gasteiger partial charge < -0.3 is 10.1 Å². The van der Waals surface area contributed by atoms with Crippen LogP contribution in [0.2, 0.25) is 0 Å². The van der Waals surface area contributed by atoms with E-state index in [2.05, 4.69) is 26.0 Å². The average Bonchev–Trinajstić information content (AvgIpc) is 2.57. The van der Waals surface area contributed by atoms with Gasteiger partial charge in [-0.05, 0) is 66.2 Å². The first-order chi connectivity index (χ1) is 11.9. The summed E-state index contributed by atoms with van der Waals surface area (Å²) in [6.45, 7) is 4.64. The van der Waals surface area contributed by atoms with E-state index in [1.807, 2.05) is 6.92 Å². The summed E-state index contributed by atoms with van der Waals surface area (Å²) < 4.78 is 33.7. The van der Waals surface area contributed by atoms with Gasteiger partial charge in [-0.3, -0.25) is 9.52 Å². The molecule has 2 aromatic carbocycles. The molecule has 6 nitrogen and oxygen atoms in total. The van der Waals surface area contributed by atoms with Crippen LogP contribution in [0, 0.1) is 0 Å². The normalized spacial score (nSPS) is 11.0. The first-order valence-corrected chi connectivity index (χ1v) is 9.98. The number of halogens is 1. The summed E-state index contributed by atoms with van der Waals surface area (Å²) >= 11 is 3.35. The van der Waals surface area contributed by atoms with E-state index in [0.29, 0.717) is 29.1 Å². The predicted molar refractivity (Wildman–Crippen MR) is 101 cm³/mol. The second-order valence-corrected chi connectivity index (χ2v) is 7.61. The standard InChI is InChI=1S/C17H19BrN2O4S/c1-3-19-17(21)12-6-5-7-14(10-12)25(22,23)20-13-8-9-16(24-4-2)15(18)11-13/h5-11,20H,3-4H2,1-2H3,(H,19,21). The Bertz CT molecular complexity index is 869. The smallest absolute Gasteiger partial charge is 0.261 e. The summed E-state index contributed by atoms with van der Waals surface area (Å²) in [5, 5.41) is 2.64. The molecule has 0 atom stereocenters. The number of amides is 1. The molecule has 25 heavy (non-hydrogen) atoms. The largest absolute Gasteiger partial charge is 0.493 e. The fourth-order valence-corrected chi connectivity index (χ4v) is 3.71. The number of rotatable bonds is 7. The number of sulfonamides is 1. The Morgan fingerprint density at radius 2 is 1.92 bits per heavy atom. The van der Waals surface area contributed by atoms with Crippen molar-refractivity contribution < 1.29 is 17.9 Å². The van der Waals surface area contributed by atoms with E-state index in [1.165, 1.54) is 18.2 Å². The van der Waals surface area contributed by atoms with E-state index < -0.39 is 10.0 Å². The average molecular weight is 427 g/mol. The molecule has 0 fully saturated rings. The van der Waals surface area contributed by atoms with E-state index >= 15 is 0 Å². The van der Waals surface area contributed by atoms with Gasteiger partial charge in [-0.25, -0.2) is 8.42 Å². The van der Waals surface area contributed by atoms with Gasteiger partial charge >= 0.3 is 0 Å². The maximum absolute atomic E-state index is 12.6. The maximum atomic E-state index is 12.6. The predicted octanol–water partition coefficient (Wildman–Crippen LogP) is 3.40. The quantitative estimate of drug-likeness (QED) is 0.710. The molecule has 0 aromatic heterocycles. The Morgan fingerprint density at radius 1 is 1.16 bits per heavy atom. The lowest BCUT2D eigenvalue weighted by atomic mass is 10.2. The lowest BCUT2D eigenvalue weighted by Gasteiger charge is -2.11. The van der Waals surface area contributed by atoms with E-state index in [9.17, 15) is 13.2 Å². The third kappa shape index (κ3) is 4.96. The van der Waals surface area contributed by atoms with Crippen LogP contribution in [0.1, 0.15) is 24.2 Å². The van der Waals surface area contributed by atoms with Crippen LogP contribution in [-0.4, -0.2) is 27.5 Å². The van der Waals surface area contributed by atoms with Gasteiger partial charge in [-0.2, -0.15) is 0 Å². The highest BCUT2D eigenvalue weighted by atomic mass is 79.9. The third-order valence-electron chi connectivity index (χ3n) is 3.23. The Labute approximate surface area is 155 Å². The van der Waals surface area contributed by atoms with Gasteiger partial charge in [0.2, 0.25) is 0 Å². The SMILES string of the molecule is CCNC(=O)c1cccc(S(=O)(=O)Nc2ccc(OCC)c(Br)c2)c1. The molecule has 0 aliphatic carbocycles. The highest BCUT2D eigenvalue weighted by molar-refractivity contribution is 9.10. The van der Waals surface area contributed by atoms with Gasteiger partial charge in [0.1, 0.15) is 5.75 Å². The molecule has 0 spiro atoms. The number of anilines is 1. The molecule has 0 aliphatic rings. The lowest BCUT2D eigenvalue weighted by Crippen LogP contribution is -2.23. The van der Waals surface area contributed by atoms with Crippen molar-refractivity contribution >= 4 is 37.5 Å². The van der Waals surface area contributed by atoms with Crippen LogP contribution in [0.15, 0.2) is 51.8 Å². The summed E-state index contributed by atoms with van der Waals surface area (Å²) in [5.41, 5.74) is 0.677. The summed E-state index contributed by atoms with van der Waals surface area (Å²) in [6, 6.07) is 10.8. The molecule has 2 aromatic rings. The van der Waals surface area contributed by atoms with Crippen molar-refractivity contribution in [3.8, 4) is 5.75 Å². The first kappa shape index (κ1) is 19.3. The zero-order valence-electron chi connectivity index (χ0n) is 13.9. The fourth-order valence-electron chi connectivity index (χ4n) is 2.12. The van der Waals surface area contributed by atoms with Gasteiger partial charge in [0.25, 0.3) is 15.9 Å². The van der Waals surface area contributed by atoms with Gasteiger partial charge in [-0.1, -0.05) is 6.07 Å². The molecule has 0 saturated carbocycles. The maximum Gasteiger partial charge on any atom is 0.261 e. The second kappa shape index (κ2) is 8.35. The Hall–Kier alpha value is -2.06. The Kier molecular flexibility index (Phi) is 6.44. The van der Waals surface area contributed by atoms with Crippen LogP contribution in [0.5, 0.6) is 5.75 Å². The van der Waals surface area contributed by atoms with Crippen LogP contribution >= 0.6 is 15.9 Å². The zero-order chi connectivity index (χ0) is 18.4. The molecule has 0 aliphatic heterocycles. The highest BCUT2D eigenvalue weighted by Gasteiger charge is 2.17. The number of hydrogen-bond donors (Lipinski definition) is 2. The van der Waals surface area contributed by atoms with Crippen LogP contribution in [0.25, 0.3) is 0 Å². The van der Waals surface area contributed by atoms with Crippen LogP contribution in [0.4, 0.5) is 5.69 Å². The summed E-state index contributed by atoms with van der Waals surface area (Å²) in [4.78, 5) is 11.9. The second-order valence-electron chi connectivity index (χ2n) is 5.07. The molecule has 0 saturated heterocycles. The molecular weight excluding hydrogens is 408 g/mol. The van der Waals surface area contributed by atoms with Gasteiger partial charge in [0, 0.05) is 12.1 Å². The topological polar surface area (TPSA) is 84.5 Å². The number of nitrogens with one attached hydrogen (secondary N) is 2. The van der Waals surface area contributed by atoms with E-state index in [0.717, 1.165) is 0 Å². The van der Waals surface area contributed by atoms with Crippen molar-refractivity contribution in [1.29, 1.82) is 0 Å². The fraction of sp³-hybridized carbons (Fsp3) is 0.235. The molecule has 8 heteroatoms. The molecule has 0 heterocycles. The van der Waals surface area contributed by atoms with Gasteiger partial charge in [0.15, 0.2) is 0 Å². The molecule has 2 rings (SSSR count). The number of benzene rings is 2.